The molecule has 0 unspecified atom stereocenters. The molecule has 3 rings (SSSR count). The van der Waals surface area contributed by atoms with Gasteiger partial charge in [0, 0.05) is 33.2 Å². The zero-order valence-corrected chi connectivity index (χ0v) is 16.5. The number of amides is 1. The number of aromatic nitrogens is 1. The Morgan fingerprint density at radius 2 is 2.08 bits per heavy atom. The monoisotopic (exact) mass is 413 g/mol. The molecule has 26 heavy (non-hydrogen) atoms. The molecule has 3 aromatic rings. The van der Waals surface area contributed by atoms with Crippen molar-refractivity contribution < 1.29 is 9.53 Å². The first kappa shape index (κ1) is 18.2. The summed E-state index contributed by atoms with van der Waals surface area (Å²) in [5, 5.41) is 5.29. The lowest BCUT2D eigenvalue weighted by molar-refractivity contribution is 0.0952. The van der Waals surface area contributed by atoms with Crippen molar-refractivity contribution in [2.75, 3.05) is 7.11 Å². The fraction of sp³-hybridized carbons (Fsp3) is 0.200. The van der Waals surface area contributed by atoms with Crippen LogP contribution in [0, 0.1) is 6.92 Å². The topological polar surface area (TPSA) is 55.6 Å². The molecular formula is C20H20BrN3O2. The summed E-state index contributed by atoms with van der Waals surface area (Å²) in [5.41, 5.74) is 6.29. The fourth-order valence-corrected chi connectivity index (χ4v) is 3.46. The summed E-state index contributed by atoms with van der Waals surface area (Å²) >= 11 is 3.37. The summed E-state index contributed by atoms with van der Waals surface area (Å²) in [6.07, 6.45) is 1.70. The maximum atomic E-state index is 12.4. The highest BCUT2D eigenvalue weighted by atomic mass is 79.9. The number of methoxy groups -OCH3 is 1. The third-order valence-electron chi connectivity index (χ3n) is 4.36. The Labute approximate surface area is 160 Å². The third kappa shape index (κ3) is 3.37. The average Bonchev–Trinajstić information content (AvgIpc) is 2.92. The Morgan fingerprint density at radius 1 is 1.31 bits per heavy atom. The van der Waals surface area contributed by atoms with Gasteiger partial charge in [0.2, 0.25) is 0 Å². The van der Waals surface area contributed by atoms with Gasteiger partial charge in [-0.25, -0.2) is 5.43 Å². The molecule has 2 aromatic carbocycles. The number of aryl methyl sites for hydroxylation is 1. The maximum Gasteiger partial charge on any atom is 0.275 e. The summed E-state index contributed by atoms with van der Waals surface area (Å²) in [7, 11) is 1.53. The van der Waals surface area contributed by atoms with Crippen LogP contribution in [0.1, 0.15) is 28.5 Å². The van der Waals surface area contributed by atoms with Crippen molar-refractivity contribution in [3.05, 3.63) is 63.8 Å². The summed E-state index contributed by atoms with van der Waals surface area (Å²) < 4.78 is 8.28. The van der Waals surface area contributed by atoms with Gasteiger partial charge < -0.3 is 9.30 Å². The number of para-hydroxylation sites is 1. The first-order valence-corrected chi connectivity index (χ1v) is 9.10. The molecule has 0 fully saturated rings. The van der Waals surface area contributed by atoms with E-state index in [1.54, 1.807) is 18.3 Å². The molecule has 6 heteroatoms. The smallest absolute Gasteiger partial charge is 0.275 e. The molecule has 0 radical (unpaired) electrons. The van der Waals surface area contributed by atoms with Crippen molar-refractivity contribution in [3.8, 4) is 5.75 Å². The zero-order valence-electron chi connectivity index (χ0n) is 14.9. The second kappa shape index (κ2) is 7.74. The van der Waals surface area contributed by atoms with Crippen molar-refractivity contribution >= 4 is 39.0 Å². The van der Waals surface area contributed by atoms with E-state index < -0.39 is 0 Å². The second-order valence-corrected chi connectivity index (χ2v) is 6.72. The first-order chi connectivity index (χ1) is 12.6. The molecule has 0 saturated heterocycles. The number of rotatable bonds is 5. The number of fused-ring (bicyclic) bond motifs is 1. The minimum Gasteiger partial charge on any atom is -0.496 e. The van der Waals surface area contributed by atoms with Crippen LogP contribution in [0.5, 0.6) is 5.75 Å². The Bertz CT molecular complexity index is 992. The van der Waals surface area contributed by atoms with Crippen LogP contribution < -0.4 is 10.2 Å². The number of nitrogens with zero attached hydrogens (tertiary/aromatic N) is 2. The lowest BCUT2D eigenvalue weighted by Crippen LogP contribution is -2.18. The number of carbonyl (C=O) groups excluding carboxylic acids is 1. The molecule has 1 heterocycles. The van der Waals surface area contributed by atoms with Crippen molar-refractivity contribution in [2.45, 2.75) is 20.4 Å². The highest BCUT2D eigenvalue weighted by Gasteiger charge is 2.13. The number of hydrogen-bond acceptors (Lipinski definition) is 3. The summed E-state index contributed by atoms with van der Waals surface area (Å²) in [6.45, 7) is 5.05. The van der Waals surface area contributed by atoms with Gasteiger partial charge in [0.15, 0.2) is 0 Å². The third-order valence-corrected chi connectivity index (χ3v) is 4.86. The fourth-order valence-electron chi connectivity index (χ4n) is 3.10. The van der Waals surface area contributed by atoms with Crippen LogP contribution in [-0.2, 0) is 6.54 Å². The van der Waals surface area contributed by atoms with Crippen molar-refractivity contribution in [1.29, 1.82) is 0 Å². The van der Waals surface area contributed by atoms with E-state index in [-0.39, 0.29) is 5.91 Å². The quantitative estimate of drug-likeness (QED) is 0.494. The molecule has 0 saturated carbocycles. The Balaban J connectivity index is 1.88. The molecule has 1 aromatic heterocycles. The van der Waals surface area contributed by atoms with Crippen LogP contribution >= 0.6 is 15.9 Å². The highest BCUT2D eigenvalue weighted by molar-refractivity contribution is 9.10. The first-order valence-electron chi connectivity index (χ1n) is 8.31. The molecule has 0 aliphatic heterocycles. The molecule has 0 bridgehead atoms. The second-order valence-electron chi connectivity index (χ2n) is 5.80. The number of halogens is 1. The van der Waals surface area contributed by atoms with E-state index in [0.717, 1.165) is 33.2 Å². The molecule has 0 atom stereocenters. The van der Waals surface area contributed by atoms with Gasteiger partial charge in [-0.05, 0) is 38.1 Å². The summed E-state index contributed by atoms with van der Waals surface area (Å²) in [5.74, 6) is 0.177. The molecule has 134 valence electrons. The minimum absolute atomic E-state index is 0.323. The Morgan fingerprint density at radius 3 is 2.81 bits per heavy atom. The maximum absolute atomic E-state index is 12.4. The minimum atomic E-state index is -0.323. The largest absolute Gasteiger partial charge is 0.496 e. The van der Waals surface area contributed by atoms with Crippen molar-refractivity contribution in [3.63, 3.8) is 0 Å². The lowest BCUT2D eigenvalue weighted by atomic mass is 10.1. The predicted octanol–water partition coefficient (Wildman–Crippen LogP) is 4.50. The van der Waals surface area contributed by atoms with Gasteiger partial charge in [-0.3, -0.25) is 4.79 Å². The van der Waals surface area contributed by atoms with E-state index in [1.165, 1.54) is 7.11 Å². The van der Waals surface area contributed by atoms with Gasteiger partial charge in [-0.2, -0.15) is 5.10 Å². The Hall–Kier alpha value is -2.60. The molecule has 1 N–H and O–H groups in total. The summed E-state index contributed by atoms with van der Waals surface area (Å²) in [4.78, 5) is 12.4. The average molecular weight is 414 g/mol. The van der Waals surface area contributed by atoms with E-state index in [1.807, 2.05) is 18.2 Å². The normalized spacial score (nSPS) is 11.2. The van der Waals surface area contributed by atoms with Gasteiger partial charge in [0.1, 0.15) is 5.75 Å². The van der Waals surface area contributed by atoms with E-state index in [9.17, 15) is 4.79 Å². The molecule has 0 aliphatic rings. The van der Waals surface area contributed by atoms with E-state index in [0.29, 0.717) is 11.3 Å². The van der Waals surface area contributed by atoms with Crippen LogP contribution in [0.3, 0.4) is 0 Å². The molecule has 0 aliphatic carbocycles. The number of carbonyl (C=O) groups is 1. The van der Waals surface area contributed by atoms with Gasteiger partial charge in [0.05, 0.1) is 18.9 Å². The molecule has 5 nitrogen and oxygen atoms in total. The number of nitrogens with one attached hydrogen (secondary N) is 1. The van der Waals surface area contributed by atoms with E-state index in [4.69, 9.17) is 4.74 Å². The molecule has 0 spiro atoms. The zero-order chi connectivity index (χ0) is 18.7. The SMILES string of the molecule is CCn1c(C)c(/C=N\NC(=O)c2cc(Br)ccc2OC)c2ccccc21. The van der Waals surface area contributed by atoms with Gasteiger partial charge >= 0.3 is 0 Å². The number of ether oxygens (including phenoxy) is 1. The predicted molar refractivity (Wildman–Crippen MR) is 108 cm³/mol. The van der Waals surface area contributed by atoms with Gasteiger partial charge in [0.25, 0.3) is 5.91 Å². The Kier molecular flexibility index (Phi) is 5.42. The number of benzene rings is 2. The number of hydrazone groups is 1. The molecular weight excluding hydrogens is 394 g/mol. The van der Waals surface area contributed by atoms with Crippen LogP contribution in [0.15, 0.2) is 52.0 Å². The van der Waals surface area contributed by atoms with Crippen LogP contribution in [0.2, 0.25) is 0 Å². The highest BCUT2D eigenvalue weighted by Crippen LogP contribution is 2.25. The number of hydrogen-bond donors (Lipinski definition) is 1. The molecule has 1 amide bonds. The van der Waals surface area contributed by atoms with Crippen LogP contribution in [0.25, 0.3) is 10.9 Å². The van der Waals surface area contributed by atoms with Crippen LogP contribution in [-0.4, -0.2) is 23.8 Å². The standard InChI is InChI=1S/C20H20BrN3O2/c1-4-24-13(2)17(15-7-5-6-8-18(15)24)12-22-23-20(25)16-11-14(21)9-10-19(16)26-3/h5-12H,4H2,1-3H3,(H,23,25)/b22-12-. The summed E-state index contributed by atoms with van der Waals surface area (Å²) in [6, 6.07) is 13.4. The van der Waals surface area contributed by atoms with Crippen molar-refractivity contribution in [1.82, 2.24) is 9.99 Å². The van der Waals surface area contributed by atoms with Crippen molar-refractivity contribution in [2.24, 2.45) is 5.10 Å². The van der Waals surface area contributed by atoms with Gasteiger partial charge in [-0.15, -0.1) is 0 Å². The van der Waals surface area contributed by atoms with Crippen LogP contribution in [0.4, 0.5) is 0 Å². The van der Waals surface area contributed by atoms with E-state index >= 15 is 0 Å². The van der Waals surface area contributed by atoms with E-state index in [2.05, 4.69) is 57.0 Å². The van der Waals surface area contributed by atoms with Gasteiger partial charge in [-0.1, -0.05) is 34.1 Å². The lowest BCUT2D eigenvalue weighted by Gasteiger charge is -2.07.